The number of hydrogen-bond donors (Lipinski definition) is 1. The van der Waals surface area contributed by atoms with Crippen LogP contribution in [0.3, 0.4) is 0 Å². The van der Waals surface area contributed by atoms with Crippen molar-refractivity contribution in [2.24, 2.45) is 0 Å². The molecule has 4 nitrogen and oxygen atoms in total. The summed E-state index contributed by atoms with van der Waals surface area (Å²) in [5.41, 5.74) is 7.46. The second kappa shape index (κ2) is 5.40. The van der Waals surface area contributed by atoms with Crippen LogP contribution in [0.15, 0.2) is 18.2 Å². The van der Waals surface area contributed by atoms with Gasteiger partial charge in [-0.1, -0.05) is 25.4 Å². The number of aryl methyl sites for hydroxylation is 2. The zero-order chi connectivity index (χ0) is 13.1. The first-order valence-corrected chi connectivity index (χ1v) is 6.48. The largest absolute Gasteiger partial charge is 0.399 e. The molecule has 2 aromatic rings. The van der Waals surface area contributed by atoms with Gasteiger partial charge in [0.2, 0.25) is 0 Å². The van der Waals surface area contributed by atoms with E-state index in [2.05, 4.69) is 17.0 Å². The number of benzene rings is 1. The third-order valence-electron chi connectivity index (χ3n) is 2.81. The highest BCUT2D eigenvalue weighted by molar-refractivity contribution is 6.31. The fraction of sp³-hybridized carbons (Fsp3) is 0.385. The van der Waals surface area contributed by atoms with Gasteiger partial charge in [0.05, 0.1) is 6.54 Å². The highest BCUT2D eigenvalue weighted by Gasteiger charge is 2.09. The van der Waals surface area contributed by atoms with Crippen LogP contribution >= 0.6 is 11.6 Å². The Kier molecular flexibility index (Phi) is 3.87. The molecule has 0 spiro atoms. The minimum Gasteiger partial charge on any atom is -0.399 e. The van der Waals surface area contributed by atoms with Gasteiger partial charge < -0.3 is 5.73 Å². The van der Waals surface area contributed by atoms with Gasteiger partial charge in [-0.25, -0.2) is 9.67 Å². The van der Waals surface area contributed by atoms with Crippen molar-refractivity contribution in [3.05, 3.63) is 40.4 Å². The molecule has 96 valence electrons. The van der Waals surface area contributed by atoms with E-state index >= 15 is 0 Å². The van der Waals surface area contributed by atoms with Crippen molar-refractivity contribution in [1.29, 1.82) is 0 Å². The van der Waals surface area contributed by atoms with Crippen molar-refractivity contribution >= 4 is 17.3 Å². The van der Waals surface area contributed by atoms with Crippen LogP contribution in [0.25, 0.3) is 0 Å². The Morgan fingerprint density at radius 1 is 1.28 bits per heavy atom. The van der Waals surface area contributed by atoms with Crippen LogP contribution in [0, 0.1) is 0 Å². The molecule has 1 heterocycles. The summed E-state index contributed by atoms with van der Waals surface area (Å²) in [6.07, 6.45) is 1.69. The molecule has 0 atom stereocenters. The molecule has 18 heavy (non-hydrogen) atoms. The summed E-state index contributed by atoms with van der Waals surface area (Å²) in [6.45, 7) is 4.73. The van der Waals surface area contributed by atoms with Crippen molar-refractivity contribution in [2.45, 2.75) is 33.2 Å². The summed E-state index contributed by atoms with van der Waals surface area (Å²) in [6, 6.07) is 5.50. The lowest BCUT2D eigenvalue weighted by atomic mass is 10.2. The number of halogens is 1. The van der Waals surface area contributed by atoms with Gasteiger partial charge in [0.1, 0.15) is 5.82 Å². The minimum atomic E-state index is 0.611. The maximum absolute atomic E-state index is 6.17. The highest BCUT2D eigenvalue weighted by Crippen LogP contribution is 2.20. The highest BCUT2D eigenvalue weighted by atomic mass is 35.5. The van der Waals surface area contributed by atoms with E-state index in [0.717, 1.165) is 30.1 Å². The van der Waals surface area contributed by atoms with Crippen LogP contribution in [0.5, 0.6) is 0 Å². The predicted octanol–water partition coefficient (Wildman–Crippen LogP) is 2.69. The average molecular weight is 265 g/mol. The Morgan fingerprint density at radius 2 is 2.06 bits per heavy atom. The third kappa shape index (κ3) is 2.64. The molecule has 0 aliphatic rings. The normalized spacial score (nSPS) is 10.8. The molecule has 5 heteroatoms. The summed E-state index contributed by atoms with van der Waals surface area (Å²) in [7, 11) is 0. The van der Waals surface area contributed by atoms with E-state index in [1.807, 2.05) is 23.7 Å². The third-order valence-corrected chi connectivity index (χ3v) is 3.18. The number of nitrogens with two attached hydrogens (primary N) is 1. The van der Waals surface area contributed by atoms with E-state index < -0.39 is 0 Å². The molecule has 0 saturated heterocycles. The number of rotatable bonds is 4. The van der Waals surface area contributed by atoms with Gasteiger partial charge in [0, 0.05) is 23.6 Å². The van der Waals surface area contributed by atoms with Crippen LogP contribution in [0.2, 0.25) is 5.02 Å². The van der Waals surface area contributed by atoms with Crippen LogP contribution in [-0.4, -0.2) is 14.8 Å². The van der Waals surface area contributed by atoms with Crippen LogP contribution in [0.4, 0.5) is 5.69 Å². The summed E-state index contributed by atoms with van der Waals surface area (Å²) in [5.74, 6) is 1.84. The first kappa shape index (κ1) is 12.9. The minimum absolute atomic E-state index is 0.611. The Balaban J connectivity index is 2.32. The van der Waals surface area contributed by atoms with Gasteiger partial charge in [0.15, 0.2) is 5.82 Å². The molecular weight excluding hydrogens is 248 g/mol. The van der Waals surface area contributed by atoms with Gasteiger partial charge in [-0.05, 0) is 23.8 Å². The van der Waals surface area contributed by atoms with Crippen LogP contribution in [-0.2, 0) is 19.4 Å². The topological polar surface area (TPSA) is 56.7 Å². The average Bonchev–Trinajstić information content (AvgIpc) is 2.76. The van der Waals surface area contributed by atoms with Gasteiger partial charge in [-0.3, -0.25) is 0 Å². The molecule has 0 aliphatic heterocycles. The quantitative estimate of drug-likeness (QED) is 0.864. The number of anilines is 1. The van der Waals surface area contributed by atoms with E-state index in [0.29, 0.717) is 17.3 Å². The summed E-state index contributed by atoms with van der Waals surface area (Å²) in [5, 5.41) is 5.18. The molecule has 0 radical (unpaired) electrons. The number of aromatic nitrogens is 3. The molecule has 1 aromatic carbocycles. The van der Waals surface area contributed by atoms with Crippen molar-refractivity contribution < 1.29 is 0 Å². The second-order valence-electron chi connectivity index (χ2n) is 4.16. The lowest BCUT2D eigenvalue weighted by Gasteiger charge is -2.07. The number of nitrogens with zero attached hydrogens (tertiary/aromatic N) is 3. The van der Waals surface area contributed by atoms with Crippen molar-refractivity contribution in [2.75, 3.05) is 5.73 Å². The Hall–Kier alpha value is -1.55. The zero-order valence-corrected chi connectivity index (χ0v) is 11.4. The molecule has 0 unspecified atom stereocenters. The maximum atomic E-state index is 6.17. The number of hydrogen-bond acceptors (Lipinski definition) is 3. The lowest BCUT2D eigenvalue weighted by molar-refractivity contribution is 0.637. The van der Waals surface area contributed by atoms with E-state index in [-0.39, 0.29) is 0 Å². The smallest absolute Gasteiger partial charge is 0.150 e. The SMILES string of the molecule is CCc1nc(CC)n(Cc2cc(N)ccc2Cl)n1. The monoisotopic (exact) mass is 264 g/mol. The van der Waals surface area contributed by atoms with Gasteiger partial charge >= 0.3 is 0 Å². The fourth-order valence-electron chi connectivity index (χ4n) is 1.84. The molecule has 2 N–H and O–H groups in total. The Morgan fingerprint density at radius 3 is 2.72 bits per heavy atom. The fourth-order valence-corrected chi connectivity index (χ4v) is 2.02. The molecule has 2 rings (SSSR count). The molecular formula is C13H17ClN4. The predicted molar refractivity (Wildman–Crippen MR) is 73.7 cm³/mol. The Bertz CT molecular complexity index is 548. The van der Waals surface area contributed by atoms with Crippen LogP contribution < -0.4 is 5.73 Å². The van der Waals surface area contributed by atoms with Gasteiger partial charge in [0.25, 0.3) is 0 Å². The van der Waals surface area contributed by atoms with Gasteiger partial charge in [-0.2, -0.15) is 5.10 Å². The second-order valence-corrected chi connectivity index (χ2v) is 4.57. The molecule has 1 aromatic heterocycles. The first-order valence-electron chi connectivity index (χ1n) is 6.10. The summed E-state index contributed by atoms with van der Waals surface area (Å²) >= 11 is 6.17. The molecule has 0 bridgehead atoms. The van der Waals surface area contributed by atoms with Crippen molar-refractivity contribution in [3.63, 3.8) is 0 Å². The lowest BCUT2D eigenvalue weighted by Crippen LogP contribution is -2.07. The van der Waals surface area contributed by atoms with Crippen molar-refractivity contribution in [1.82, 2.24) is 14.8 Å². The first-order chi connectivity index (χ1) is 8.63. The molecule has 0 fully saturated rings. The Labute approximate surface area is 112 Å². The van der Waals surface area contributed by atoms with E-state index in [9.17, 15) is 0 Å². The van der Waals surface area contributed by atoms with Gasteiger partial charge in [-0.15, -0.1) is 0 Å². The molecule has 0 aliphatic carbocycles. The summed E-state index contributed by atoms with van der Waals surface area (Å²) < 4.78 is 1.90. The standard InChI is InChI=1S/C13H17ClN4/c1-3-12-16-13(4-2)18(17-12)8-9-7-10(15)5-6-11(9)14/h5-7H,3-4,8,15H2,1-2H3. The maximum Gasteiger partial charge on any atom is 0.150 e. The zero-order valence-electron chi connectivity index (χ0n) is 10.7. The summed E-state index contributed by atoms with van der Waals surface area (Å²) in [4.78, 5) is 4.47. The van der Waals surface area contributed by atoms with E-state index in [1.54, 1.807) is 6.07 Å². The molecule has 0 saturated carbocycles. The van der Waals surface area contributed by atoms with Crippen LogP contribution in [0.1, 0.15) is 31.1 Å². The van der Waals surface area contributed by atoms with Crippen molar-refractivity contribution in [3.8, 4) is 0 Å². The van der Waals surface area contributed by atoms with E-state index in [1.165, 1.54) is 0 Å². The van der Waals surface area contributed by atoms with E-state index in [4.69, 9.17) is 17.3 Å². The molecule has 0 amide bonds. The number of nitrogen functional groups attached to an aromatic ring is 1.